The Morgan fingerprint density at radius 1 is 1.42 bits per heavy atom. The van der Waals surface area contributed by atoms with Crippen LogP contribution in [0.5, 0.6) is 0 Å². The monoisotopic (exact) mass is 439 g/mol. The summed E-state index contributed by atoms with van der Waals surface area (Å²) in [7, 11) is 4.04. The van der Waals surface area contributed by atoms with Gasteiger partial charge in [-0.05, 0) is 61.5 Å². The summed E-state index contributed by atoms with van der Waals surface area (Å²) in [5.41, 5.74) is 1.45. The fourth-order valence-corrected chi connectivity index (χ4v) is 4.56. The summed E-state index contributed by atoms with van der Waals surface area (Å²) >= 11 is 1.66. The van der Waals surface area contributed by atoms with E-state index in [-0.39, 0.29) is 23.6 Å². The third-order valence-electron chi connectivity index (χ3n) is 5.62. The number of anilines is 1. The fraction of sp³-hybridized carbons (Fsp3) is 0.409. The summed E-state index contributed by atoms with van der Waals surface area (Å²) in [6.45, 7) is 1.83. The molecule has 0 saturated carbocycles. The van der Waals surface area contributed by atoms with Gasteiger partial charge in [-0.25, -0.2) is 0 Å². The van der Waals surface area contributed by atoms with Crippen molar-refractivity contribution in [3.63, 3.8) is 0 Å². The van der Waals surface area contributed by atoms with Crippen LogP contribution in [0.15, 0.2) is 44.1 Å². The zero-order chi connectivity index (χ0) is 21.8. The van der Waals surface area contributed by atoms with Crippen LogP contribution in [0, 0.1) is 17.2 Å². The van der Waals surface area contributed by atoms with Crippen molar-refractivity contribution >= 4 is 23.1 Å². The molecule has 3 aromatic heterocycles. The number of furan rings is 1. The van der Waals surface area contributed by atoms with E-state index in [1.807, 2.05) is 19.0 Å². The predicted molar refractivity (Wildman–Crippen MR) is 118 cm³/mol. The first-order chi connectivity index (χ1) is 15.1. The van der Waals surface area contributed by atoms with Crippen molar-refractivity contribution in [1.82, 2.24) is 15.2 Å². The molecule has 1 fully saturated rings. The molecule has 1 atom stereocenters. The standard InChI is InChI=1S/C22H25N5O3S/c1-26(2)18(16-7-11-31-14-16)13-24-20(28)15-5-8-27(9-6-15)22-17(12-23)25-21(30-22)19-4-3-10-29-19/h3-4,7,10-11,14-15,18H,5-6,8-9,13H2,1-2H3,(H,24,28). The van der Waals surface area contributed by atoms with Gasteiger partial charge in [-0.15, -0.1) is 0 Å². The highest BCUT2D eigenvalue weighted by atomic mass is 32.1. The lowest BCUT2D eigenvalue weighted by Crippen LogP contribution is -2.42. The molecule has 0 radical (unpaired) electrons. The van der Waals surface area contributed by atoms with Crippen molar-refractivity contribution in [1.29, 1.82) is 5.26 Å². The number of likely N-dealkylation sites (N-methyl/N-ethyl adjacent to an activating group) is 1. The molecule has 1 saturated heterocycles. The lowest BCUT2D eigenvalue weighted by atomic mass is 9.95. The largest absolute Gasteiger partial charge is 0.459 e. The second-order valence-corrected chi connectivity index (χ2v) is 8.58. The number of amides is 1. The molecule has 8 nitrogen and oxygen atoms in total. The van der Waals surface area contributed by atoms with Crippen molar-refractivity contribution in [2.75, 3.05) is 38.6 Å². The van der Waals surface area contributed by atoms with Gasteiger partial charge in [-0.1, -0.05) is 0 Å². The number of carbonyl (C=O) groups excluding carboxylic acids is 1. The minimum Gasteiger partial charge on any atom is -0.459 e. The normalized spacial score (nSPS) is 15.7. The smallest absolute Gasteiger partial charge is 0.266 e. The predicted octanol–water partition coefficient (Wildman–Crippen LogP) is 3.50. The Labute approximate surface area is 185 Å². The van der Waals surface area contributed by atoms with Gasteiger partial charge in [0.2, 0.25) is 17.5 Å². The van der Waals surface area contributed by atoms with Crippen LogP contribution in [0.2, 0.25) is 0 Å². The molecule has 1 amide bonds. The average molecular weight is 440 g/mol. The van der Waals surface area contributed by atoms with Crippen LogP contribution in [0.25, 0.3) is 11.7 Å². The third kappa shape index (κ3) is 4.65. The number of nitriles is 1. The van der Waals surface area contributed by atoms with Gasteiger partial charge in [0.15, 0.2) is 5.76 Å². The minimum absolute atomic E-state index is 0.0560. The number of nitrogens with one attached hydrogen (secondary N) is 1. The van der Waals surface area contributed by atoms with Crippen LogP contribution >= 0.6 is 11.3 Å². The van der Waals surface area contributed by atoms with Gasteiger partial charge in [-0.2, -0.15) is 21.6 Å². The number of hydrogen-bond acceptors (Lipinski definition) is 8. The second kappa shape index (κ2) is 9.37. The Hall–Kier alpha value is -3.09. The van der Waals surface area contributed by atoms with Gasteiger partial charge in [0.05, 0.1) is 12.3 Å². The van der Waals surface area contributed by atoms with Crippen LogP contribution in [-0.2, 0) is 4.79 Å². The highest BCUT2D eigenvalue weighted by Gasteiger charge is 2.29. The summed E-state index contributed by atoms with van der Waals surface area (Å²) in [6, 6.07) is 7.83. The van der Waals surface area contributed by atoms with E-state index < -0.39 is 0 Å². The lowest BCUT2D eigenvalue weighted by molar-refractivity contribution is -0.125. The van der Waals surface area contributed by atoms with Gasteiger partial charge < -0.3 is 24.0 Å². The highest BCUT2D eigenvalue weighted by Crippen LogP contribution is 2.31. The van der Waals surface area contributed by atoms with E-state index in [2.05, 4.69) is 38.1 Å². The van der Waals surface area contributed by atoms with Crippen molar-refractivity contribution in [2.45, 2.75) is 18.9 Å². The fourth-order valence-electron chi connectivity index (χ4n) is 3.85. The van der Waals surface area contributed by atoms with E-state index in [9.17, 15) is 10.1 Å². The zero-order valence-corrected chi connectivity index (χ0v) is 18.4. The number of carbonyl (C=O) groups is 1. The van der Waals surface area contributed by atoms with Crippen molar-refractivity contribution < 1.29 is 13.6 Å². The number of hydrogen-bond donors (Lipinski definition) is 1. The molecule has 1 N–H and O–H groups in total. The number of rotatable bonds is 7. The van der Waals surface area contributed by atoms with E-state index in [4.69, 9.17) is 8.83 Å². The Morgan fingerprint density at radius 2 is 2.23 bits per heavy atom. The maximum atomic E-state index is 12.8. The quantitative estimate of drug-likeness (QED) is 0.601. The maximum absolute atomic E-state index is 12.8. The van der Waals surface area contributed by atoms with E-state index in [1.165, 1.54) is 11.8 Å². The van der Waals surface area contributed by atoms with Gasteiger partial charge >= 0.3 is 0 Å². The molecule has 162 valence electrons. The molecule has 1 unspecified atom stereocenters. The van der Waals surface area contributed by atoms with Gasteiger partial charge in [0, 0.05) is 25.6 Å². The lowest BCUT2D eigenvalue weighted by Gasteiger charge is -2.31. The summed E-state index contributed by atoms with van der Waals surface area (Å²) < 4.78 is 11.1. The van der Waals surface area contributed by atoms with Gasteiger partial charge in [0.1, 0.15) is 6.07 Å². The molecule has 0 aromatic carbocycles. The number of piperidine rings is 1. The first-order valence-corrected chi connectivity index (χ1v) is 11.2. The number of thiophene rings is 1. The molecular weight excluding hydrogens is 414 g/mol. The summed E-state index contributed by atoms with van der Waals surface area (Å²) in [6.07, 6.45) is 2.92. The molecule has 0 bridgehead atoms. The molecular formula is C22H25N5O3S. The zero-order valence-electron chi connectivity index (χ0n) is 17.6. The van der Waals surface area contributed by atoms with Gasteiger partial charge in [0.25, 0.3) is 5.89 Å². The van der Waals surface area contributed by atoms with E-state index in [0.29, 0.717) is 50.0 Å². The Balaban J connectivity index is 1.34. The molecule has 9 heteroatoms. The molecule has 31 heavy (non-hydrogen) atoms. The molecule has 4 rings (SSSR count). The summed E-state index contributed by atoms with van der Waals surface area (Å²) in [5.74, 6) is 1.24. The summed E-state index contributed by atoms with van der Waals surface area (Å²) in [4.78, 5) is 21.1. The number of aromatic nitrogens is 1. The van der Waals surface area contributed by atoms with Crippen molar-refractivity contribution in [3.05, 3.63) is 46.5 Å². The van der Waals surface area contributed by atoms with Crippen molar-refractivity contribution in [3.8, 4) is 17.7 Å². The minimum atomic E-state index is -0.0560. The van der Waals surface area contributed by atoms with Crippen LogP contribution in [0.1, 0.15) is 30.1 Å². The highest BCUT2D eigenvalue weighted by molar-refractivity contribution is 7.07. The van der Waals surface area contributed by atoms with Crippen LogP contribution in [-0.4, -0.2) is 49.5 Å². The van der Waals surface area contributed by atoms with Crippen LogP contribution in [0.4, 0.5) is 5.88 Å². The molecule has 1 aliphatic rings. The summed E-state index contributed by atoms with van der Waals surface area (Å²) in [5, 5.41) is 16.8. The second-order valence-electron chi connectivity index (χ2n) is 7.80. The molecule has 3 aromatic rings. The first-order valence-electron chi connectivity index (χ1n) is 10.2. The van der Waals surface area contributed by atoms with Crippen LogP contribution in [0.3, 0.4) is 0 Å². The van der Waals surface area contributed by atoms with Crippen molar-refractivity contribution in [2.24, 2.45) is 5.92 Å². The molecule has 4 heterocycles. The topological polar surface area (TPSA) is 98.5 Å². The number of oxazole rings is 1. The first kappa shape index (κ1) is 21.2. The van der Waals surface area contributed by atoms with Gasteiger partial charge in [-0.3, -0.25) is 4.79 Å². The third-order valence-corrected chi connectivity index (χ3v) is 6.32. The van der Waals surface area contributed by atoms with Crippen LogP contribution < -0.4 is 10.2 Å². The van der Waals surface area contributed by atoms with E-state index >= 15 is 0 Å². The maximum Gasteiger partial charge on any atom is 0.266 e. The molecule has 0 spiro atoms. The SMILES string of the molecule is CN(C)C(CNC(=O)C1CCN(c2oc(-c3ccco3)nc2C#N)CC1)c1ccsc1. The Morgan fingerprint density at radius 3 is 2.84 bits per heavy atom. The molecule has 0 aliphatic carbocycles. The average Bonchev–Trinajstić information content (AvgIpc) is 3.55. The Kier molecular flexibility index (Phi) is 6.39. The number of nitrogens with zero attached hydrogens (tertiary/aromatic N) is 4. The van der Waals surface area contributed by atoms with E-state index in [0.717, 1.165) is 0 Å². The Bertz CT molecular complexity index is 1030. The van der Waals surface area contributed by atoms with E-state index in [1.54, 1.807) is 23.5 Å². The molecule has 1 aliphatic heterocycles.